The minimum atomic E-state index is -3.24. The fourth-order valence-corrected chi connectivity index (χ4v) is 5.08. The molecule has 2 fully saturated rings. The summed E-state index contributed by atoms with van der Waals surface area (Å²) >= 11 is 0. The van der Waals surface area contributed by atoms with Crippen LogP contribution in [0, 0.1) is 11.8 Å². The molecule has 0 aromatic carbocycles. The summed E-state index contributed by atoms with van der Waals surface area (Å²) in [5.41, 5.74) is 0. The summed E-state index contributed by atoms with van der Waals surface area (Å²) in [6, 6.07) is 0.417. The summed E-state index contributed by atoms with van der Waals surface area (Å²) in [4.78, 5) is 6.78. The summed E-state index contributed by atoms with van der Waals surface area (Å²) < 4.78 is 32.6. The van der Waals surface area contributed by atoms with Crippen molar-refractivity contribution in [3.63, 3.8) is 0 Å². The van der Waals surface area contributed by atoms with Crippen LogP contribution in [0.5, 0.6) is 0 Å². The lowest BCUT2D eigenvalue weighted by Crippen LogP contribution is -2.53. The normalized spacial score (nSPS) is 19.8. The van der Waals surface area contributed by atoms with Gasteiger partial charge in [0.25, 0.3) is 0 Å². The van der Waals surface area contributed by atoms with Gasteiger partial charge in [-0.25, -0.2) is 13.1 Å². The Morgan fingerprint density at radius 2 is 1.83 bits per heavy atom. The Labute approximate surface area is 200 Å². The van der Waals surface area contributed by atoms with Crippen molar-refractivity contribution >= 4 is 40.0 Å². The molecule has 1 atom stereocenters. The van der Waals surface area contributed by atoms with E-state index in [1.807, 2.05) is 0 Å². The fraction of sp³-hybridized carbons (Fsp3) is 0.950. The van der Waals surface area contributed by atoms with Gasteiger partial charge in [-0.2, -0.15) is 0 Å². The number of halogens is 1. The minimum absolute atomic E-state index is 0. The predicted molar refractivity (Wildman–Crippen MR) is 134 cm³/mol. The van der Waals surface area contributed by atoms with E-state index in [-0.39, 0.29) is 29.7 Å². The molecule has 1 saturated heterocycles. The molecule has 3 N–H and O–H groups in total. The number of aliphatic imine (C=N–C) groups is 1. The summed E-state index contributed by atoms with van der Waals surface area (Å²) in [6.07, 6.45) is 5.77. The Morgan fingerprint density at radius 3 is 2.37 bits per heavy atom. The lowest BCUT2D eigenvalue weighted by atomic mass is 9.86. The molecule has 0 radical (unpaired) electrons. The number of nitrogens with zero attached hydrogens (tertiary/aromatic N) is 2. The quantitative estimate of drug-likeness (QED) is 0.191. The Morgan fingerprint density at radius 1 is 1.17 bits per heavy atom. The molecule has 1 saturated carbocycles. The molecule has 2 rings (SSSR count). The van der Waals surface area contributed by atoms with Gasteiger partial charge in [0.15, 0.2) is 5.96 Å². The van der Waals surface area contributed by atoms with E-state index in [0.717, 1.165) is 58.5 Å². The van der Waals surface area contributed by atoms with Gasteiger partial charge in [0.1, 0.15) is 0 Å². The van der Waals surface area contributed by atoms with Crippen LogP contribution in [0.15, 0.2) is 4.99 Å². The molecule has 2 aliphatic rings. The first kappa shape index (κ1) is 27.9. The monoisotopic (exact) mass is 559 g/mol. The molecule has 0 spiro atoms. The molecule has 30 heavy (non-hydrogen) atoms. The molecule has 0 amide bonds. The van der Waals surface area contributed by atoms with Crippen LogP contribution in [0.3, 0.4) is 0 Å². The van der Waals surface area contributed by atoms with E-state index in [9.17, 15) is 8.42 Å². The lowest BCUT2D eigenvalue weighted by molar-refractivity contribution is 0.00272. The first-order valence-corrected chi connectivity index (χ1v) is 12.9. The lowest BCUT2D eigenvalue weighted by Gasteiger charge is -2.39. The number of sulfonamides is 1. The van der Waals surface area contributed by atoms with Gasteiger partial charge in [0, 0.05) is 45.8 Å². The van der Waals surface area contributed by atoms with Crippen molar-refractivity contribution in [2.75, 3.05) is 58.7 Å². The van der Waals surface area contributed by atoms with Crippen LogP contribution < -0.4 is 15.4 Å². The zero-order valence-corrected chi connectivity index (χ0v) is 22.0. The van der Waals surface area contributed by atoms with E-state index in [0.29, 0.717) is 36.9 Å². The third-order valence-corrected chi connectivity index (χ3v) is 7.64. The molecular formula is C20H42IN5O3S. The maximum Gasteiger partial charge on any atom is 0.213 e. The number of rotatable bonds is 12. The topological polar surface area (TPSA) is 95.1 Å². The first-order valence-electron chi connectivity index (χ1n) is 11.2. The largest absolute Gasteiger partial charge is 0.379 e. The maximum atomic E-state index is 12.2. The zero-order chi connectivity index (χ0) is 21.1. The molecule has 0 bridgehead atoms. The predicted octanol–water partition coefficient (Wildman–Crippen LogP) is 1.63. The number of hydrogen-bond donors (Lipinski definition) is 3. The maximum absolute atomic E-state index is 12.2. The van der Waals surface area contributed by atoms with Crippen LogP contribution in [0.4, 0.5) is 0 Å². The van der Waals surface area contributed by atoms with Gasteiger partial charge in [0.2, 0.25) is 10.0 Å². The Bertz CT molecular complexity index is 591. The van der Waals surface area contributed by atoms with Crippen molar-refractivity contribution < 1.29 is 13.2 Å². The standard InChI is InChI=1S/C20H41N5O3S.HI/c1-4-18(5-2)19(25-10-12-28-13-11-25)16-23-20(21-3)22-9-14-29(26,27)24-15-17-7-6-8-17;/h17-19,24H,4-16H2,1-3H3,(H2,21,22,23);1H. The molecule has 0 aromatic heterocycles. The summed E-state index contributed by atoms with van der Waals surface area (Å²) in [6.45, 7) is 9.69. The number of nitrogens with one attached hydrogen (secondary N) is 3. The van der Waals surface area contributed by atoms with E-state index < -0.39 is 10.0 Å². The molecule has 178 valence electrons. The SMILES string of the molecule is CCC(CC)C(CNC(=NC)NCCS(=O)(=O)NCC1CCC1)N1CCOCC1.I. The van der Waals surface area contributed by atoms with Crippen LogP contribution >= 0.6 is 24.0 Å². The summed E-state index contributed by atoms with van der Waals surface area (Å²) in [5, 5.41) is 6.56. The molecule has 1 heterocycles. The molecule has 8 nitrogen and oxygen atoms in total. The van der Waals surface area contributed by atoms with Gasteiger partial charge in [0.05, 0.1) is 19.0 Å². The Balaban J connectivity index is 0.00000450. The van der Waals surface area contributed by atoms with Crippen molar-refractivity contribution in [2.24, 2.45) is 16.8 Å². The number of guanidine groups is 1. The Hall–Kier alpha value is -0.170. The third-order valence-electron chi connectivity index (χ3n) is 6.29. The van der Waals surface area contributed by atoms with Crippen molar-refractivity contribution in [2.45, 2.75) is 52.0 Å². The number of ether oxygens (including phenoxy) is 1. The van der Waals surface area contributed by atoms with Crippen molar-refractivity contribution in [1.82, 2.24) is 20.3 Å². The average molecular weight is 560 g/mol. The second-order valence-electron chi connectivity index (χ2n) is 8.14. The fourth-order valence-electron chi connectivity index (χ4n) is 4.08. The van der Waals surface area contributed by atoms with Gasteiger partial charge in [-0.3, -0.25) is 9.89 Å². The van der Waals surface area contributed by atoms with E-state index >= 15 is 0 Å². The van der Waals surface area contributed by atoms with E-state index in [1.54, 1.807) is 7.05 Å². The summed E-state index contributed by atoms with van der Waals surface area (Å²) in [7, 11) is -1.52. The molecule has 1 unspecified atom stereocenters. The number of morpholine rings is 1. The van der Waals surface area contributed by atoms with Crippen LogP contribution in [0.2, 0.25) is 0 Å². The molecular weight excluding hydrogens is 517 g/mol. The third kappa shape index (κ3) is 9.54. The van der Waals surface area contributed by atoms with Crippen LogP contribution in [0.1, 0.15) is 46.0 Å². The average Bonchev–Trinajstić information content (AvgIpc) is 2.69. The molecule has 1 aliphatic heterocycles. The van der Waals surface area contributed by atoms with Gasteiger partial charge >= 0.3 is 0 Å². The second kappa shape index (κ2) is 14.8. The highest BCUT2D eigenvalue weighted by Crippen LogP contribution is 2.25. The second-order valence-corrected chi connectivity index (χ2v) is 10.1. The zero-order valence-electron chi connectivity index (χ0n) is 18.9. The smallest absolute Gasteiger partial charge is 0.213 e. The molecule has 10 heteroatoms. The minimum Gasteiger partial charge on any atom is -0.379 e. The van der Waals surface area contributed by atoms with E-state index in [2.05, 4.69) is 39.1 Å². The van der Waals surface area contributed by atoms with Gasteiger partial charge in [-0.1, -0.05) is 33.1 Å². The van der Waals surface area contributed by atoms with Crippen molar-refractivity contribution in [3.05, 3.63) is 0 Å². The molecule has 1 aliphatic carbocycles. The van der Waals surface area contributed by atoms with Gasteiger partial charge < -0.3 is 15.4 Å². The van der Waals surface area contributed by atoms with Gasteiger partial charge in [-0.15, -0.1) is 24.0 Å². The highest BCUT2D eigenvalue weighted by atomic mass is 127. The van der Waals surface area contributed by atoms with Gasteiger partial charge in [-0.05, 0) is 24.7 Å². The highest BCUT2D eigenvalue weighted by molar-refractivity contribution is 14.0. The Kier molecular flexibility index (Phi) is 13.8. The first-order chi connectivity index (χ1) is 14.0. The highest BCUT2D eigenvalue weighted by Gasteiger charge is 2.27. The van der Waals surface area contributed by atoms with Crippen LogP contribution in [0.25, 0.3) is 0 Å². The van der Waals surface area contributed by atoms with Crippen molar-refractivity contribution in [1.29, 1.82) is 0 Å². The van der Waals surface area contributed by atoms with Crippen LogP contribution in [-0.2, 0) is 14.8 Å². The molecule has 0 aromatic rings. The number of hydrogen-bond acceptors (Lipinski definition) is 5. The van der Waals surface area contributed by atoms with E-state index in [1.165, 1.54) is 6.42 Å². The van der Waals surface area contributed by atoms with Crippen LogP contribution in [-0.4, -0.2) is 84.1 Å². The van der Waals surface area contributed by atoms with E-state index in [4.69, 9.17) is 4.74 Å². The summed E-state index contributed by atoms with van der Waals surface area (Å²) in [5.74, 6) is 1.84. The van der Waals surface area contributed by atoms with Crippen molar-refractivity contribution in [3.8, 4) is 0 Å².